The topological polar surface area (TPSA) is 131 Å². The molecule has 0 saturated carbocycles. The molecule has 2 aromatic carbocycles. The van der Waals surface area contributed by atoms with Gasteiger partial charge < -0.3 is 26.0 Å². The molecule has 0 spiro atoms. The Balaban J connectivity index is 2.68. The minimum absolute atomic E-state index is 0.0629. The van der Waals surface area contributed by atoms with Crippen molar-refractivity contribution in [3.8, 4) is 0 Å². The SMILES string of the molecule is Cc1cccc(C(C(=O)Nc2c(C)cccc2Cl)N(C(=O)C(CCC(N)=O)NC(=O)OC(C)(C)C)C(C)CCC(C)C)c1. The van der Waals surface area contributed by atoms with Crippen molar-refractivity contribution in [2.24, 2.45) is 11.7 Å². The van der Waals surface area contributed by atoms with E-state index in [2.05, 4.69) is 24.5 Å². The predicted molar refractivity (Wildman–Crippen MR) is 171 cm³/mol. The molecule has 0 fully saturated rings. The van der Waals surface area contributed by atoms with Crippen LogP contribution in [0.1, 0.15) is 90.0 Å². The van der Waals surface area contributed by atoms with Gasteiger partial charge in [0, 0.05) is 12.5 Å². The quantitative estimate of drug-likeness (QED) is 0.239. The van der Waals surface area contributed by atoms with E-state index in [9.17, 15) is 19.2 Å². The van der Waals surface area contributed by atoms with Gasteiger partial charge in [0.2, 0.25) is 11.8 Å². The number of carbonyl (C=O) groups excluding carboxylic acids is 4. The van der Waals surface area contributed by atoms with Crippen LogP contribution in [-0.2, 0) is 19.1 Å². The van der Waals surface area contributed by atoms with Crippen molar-refractivity contribution in [3.63, 3.8) is 0 Å². The molecule has 4 amide bonds. The van der Waals surface area contributed by atoms with Gasteiger partial charge in [0.15, 0.2) is 0 Å². The number of halogens is 1. The van der Waals surface area contributed by atoms with Gasteiger partial charge in [-0.2, -0.15) is 0 Å². The summed E-state index contributed by atoms with van der Waals surface area (Å²) in [6, 6.07) is 10.0. The fraction of sp³-hybridized carbons (Fsp3) is 0.515. The maximum absolute atomic E-state index is 14.5. The minimum atomic E-state index is -1.17. The second-order valence-electron chi connectivity index (χ2n) is 12.5. The Labute approximate surface area is 260 Å². The third-order valence-electron chi connectivity index (χ3n) is 6.91. The molecule has 0 heterocycles. The maximum Gasteiger partial charge on any atom is 0.408 e. The third kappa shape index (κ3) is 11.2. The molecule has 10 heteroatoms. The molecule has 0 aliphatic rings. The van der Waals surface area contributed by atoms with Gasteiger partial charge >= 0.3 is 6.09 Å². The number of hydrogen-bond acceptors (Lipinski definition) is 5. The van der Waals surface area contributed by atoms with Crippen molar-refractivity contribution >= 4 is 41.1 Å². The molecule has 2 aromatic rings. The van der Waals surface area contributed by atoms with Crippen LogP contribution in [0.4, 0.5) is 10.5 Å². The molecule has 3 unspecified atom stereocenters. The van der Waals surface area contributed by atoms with E-state index in [1.165, 1.54) is 4.90 Å². The average Bonchev–Trinajstić information content (AvgIpc) is 2.88. The smallest absolute Gasteiger partial charge is 0.408 e. The zero-order chi connectivity index (χ0) is 32.5. The summed E-state index contributed by atoms with van der Waals surface area (Å²) >= 11 is 6.47. The van der Waals surface area contributed by atoms with Gasteiger partial charge in [-0.05, 0) is 83.9 Å². The van der Waals surface area contributed by atoms with Gasteiger partial charge in [-0.1, -0.05) is 67.4 Å². The van der Waals surface area contributed by atoms with Crippen molar-refractivity contribution in [1.29, 1.82) is 0 Å². The summed E-state index contributed by atoms with van der Waals surface area (Å²) in [7, 11) is 0. The first-order valence-electron chi connectivity index (χ1n) is 14.7. The van der Waals surface area contributed by atoms with E-state index >= 15 is 0 Å². The number of nitrogens with zero attached hydrogens (tertiary/aromatic N) is 1. The number of benzene rings is 2. The number of nitrogens with two attached hydrogens (primary N) is 1. The van der Waals surface area contributed by atoms with Crippen LogP contribution in [0.2, 0.25) is 5.02 Å². The van der Waals surface area contributed by atoms with E-state index in [0.717, 1.165) is 17.5 Å². The van der Waals surface area contributed by atoms with E-state index in [-0.39, 0.29) is 12.8 Å². The first kappa shape index (κ1) is 35.6. The number of ether oxygens (including phenoxy) is 1. The molecule has 2 rings (SSSR count). The molecular formula is C33H47ClN4O5. The zero-order valence-corrected chi connectivity index (χ0v) is 27.4. The first-order valence-corrected chi connectivity index (χ1v) is 15.1. The van der Waals surface area contributed by atoms with Crippen LogP contribution < -0.4 is 16.4 Å². The van der Waals surface area contributed by atoms with Gasteiger partial charge in [0.05, 0.1) is 10.7 Å². The van der Waals surface area contributed by atoms with Gasteiger partial charge in [0.25, 0.3) is 5.91 Å². The van der Waals surface area contributed by atoms with Gasteiger partial charge in [-0.25, -0.2) is 4.79 Å². The van der Waals surface area contributed by atoms with Crippen molar-refractivity contribution in [1.82, 2.24) is 10.2 Å². The lowest BCUT2D eigenvalue weighted by Gasteiger charge is -2.39. The Morgan fingerprint density at radius 1 is 0.977 bits per heavy atom. The number of anilines is 1. The summed E-state index contributed by atoms with van der Waals surface area (Å²) in [5.74, 6) is -1.26. The van der Waals surface area contributed by atoms with Crippen LogP contribution in [0.5, 0.6) is 0 Å². The lowest BCUT2D eigenvalue weighted by molar-refractivity contribution is -0.143. The van der Waals surface area contributed by atoms with Gasteiger partial charge in [-0.15, -0.1) is 0 Å². The molecule has 0 bridgehead atoms. The van der Waals surface area contributed by atoms with E-state index in [1.54, 1.807) is 39.0 Å². The number of amides is 4. The molecule has 3 atom stereocenters. The first-order chi connectivity index (χ1) is 20.0. The largest absolute Gasteiger partial charge is 0.444 e. The number of hydrogen-bond donors (Lipinski definition) is 3. The average molecular weight is 615 g/mol. The van der Waals surface area contributed by atoms with Crippen LogP contribution in [0.25, 0.3) is 0 Å². The highest BCUT2D eigenvalue weighted by molar-refractivity contribution is 6.34. The standard InChI is InChI=1S/C33H47ClN4O5/c1-20(2)15-16-23(5)38(31(41)26(17-18-27(35)39)36-32(42)43-33(6,7)8)29(24-13-9-11-21(3)19-24)30(40)37-28-22(4)12-10-14-25(28)34/h9-14,19-20,23,26,29H,15-18H2,1-8H3,(H2,35,39)(H,36,42)(H,37,40). The maximum atomic E-state index is 14.5. The normalized spacial score (nSPS) is 13.5. The fourth-order valence-electron chi connectivity index (χ4n) is 4.75. The van der Waals surface area contributed by atoms with Gasteiger partial charge in [0.1, 0.15) is 17.7 Å². The lowest BCUT2D eigenvalue weighted by atomic mass is 9.95. The van der Waals surface area contributed by atoms with E-state index in [0.29, 0.717) is 28.6 Å². The van der Waals surface area contributed by atoms with Crippen LogP contribution >= 0.6 is 11.6 Å². The number of carbonyl (C=O) groups is 4. The monoisotopic (exact) mass is 614 g/mol. The van der Waals surface area contributed by atoms with E-state index < -0.39 is 47.5 Å². The number of nitrogens with one attached hydrogen (secondary N) is 2. The Bertz CT molecular complexity index is 1270. The summed E-state index contributed by atoms with van der Waals surface area (Å²) < 4.78 is 5.43. The summed E-state index contributed by atoms with van der Waals surface area (Å²) in [5.41, 5.74) is 7.33. The van der Waals surface area contributed by atoms with Crippen LogP contribution in [0.3, 0.4) is 0 Å². The molecule has 4 N–H and O–H groups in total. The second-order valence-corrected chi connectivity index (χ2v) is 12.9. The van der Waals surface area contributed by atoms with Crippen LogP contribution in [0.15, 0.2) is 42.5 Å². The molecule has 0 aliphatic carbocycles. The Hall–Kier alpha value is -3.59. The number of para-hydroxylation sites is 1. The Kier molecular flexibility index (Phi) is 13.0. The minimum Gasteiger partial charge on any atom is -0.444 e. The van der Waals surface area contributed by atoms with Crippen LogP contribution in [-0.4, -0.2) is 46.4 Å². The highest BCUT2D eigenvalue weighted by Gasteiger charge is 2.39. The third-order valence-corrected chi connectivity index (χ3v) is 7.23. The zero-order valence-electron chi connectivity index (χ0n) is 26.6. The van der Waals surface area contributed by atoms with E-state index in [4.69, 9.17) is 22.1 Å². The van der Waals surface area contributed by atoms with Crippen molar-refractivity contribution in [3.05, 3.63) is 64.2 Å². The summed E-state index contributed by atoms with van der Waals surface area (Å²) in [5, 5.41) is 5.97. The molecule has 236 valence electrons. The Morgan fingerprint density at radius 3 is 2.19 bits per heavy atom. The summed E-state index contributed by atoms with van der Waals surface area (Å²) in [4.78, 5) is 54.9. The van der Waals surface area contributed by atoms with Crippen molar-refractivity contribution < 1.29 is 23.9 Å². The number of aryl methyl sites for hydroxylation is 2. The summed E-state index contributed by atoms with van der Waals surface area (Å²) in [6.45, 7) is 14.9. The second kappa shape index (κ2) is 15.8. The number of alkyl carbamates (subject to hydrolysis) is 1. The molecule has 0 saturated heterocycles. The number of rotatable bonds is 13. The highest BCUT2D eigenvalue weighted by atomic mass is 35.5. The fourth-order valence-corrected chi connectivity index (χ4v) is 5.02. The molecule has 0 aliphatic heterocycles. The van der Waals surface area contributed by atoms with E-state index in [1.807, 2.05) is 45.0 Å². The molecule has 0 radical (unpaired) electrons. The van der Waals surface area contributed by atoms with Crippen LogP contribution in [0, 0.1) is 19.8 Å². The Morgan fingerprint density at radius 2 is 1.63 bits per heavy atom. The molecular weight excluding hydrogens is 568 g/mol. The van der Waals surface area contributed by atoms with Gasteiger partial charge in [-0.3, -0.25) is 14.4 Å². The summed E-state index contributed by atoms with van der Waals surface area (Å²) in [6.07, 6.45) is 0.363. The lowest BCUT2D eigenvalue weighted by Crippen LogP contribution is -2.55. The predicted octanol–water partition coefficient (Wildman–Crippen LogP) is 6.45. The van der Waals surface area contributed by atoms with Crippen molar-refractivity contribution in [2.45, 2.75) is 105 Å². The van der Waals surface area contributed by atoms with Crippen molar-refractivity contribution in [2.75, 3.05) is 5.32 Å². The number of primary amides is 1. The highest BCUT2D eigenvalue weighted by Crippen LogP contribution is 2.32. The molecule has 0 aromatic heterocycles. The molecule has 43 heavy (non-hydrogen) atoms. The molecule has 9 nitrogen and oxygen atoms in total.